The lowest BCUT2D eigenvalue weighted by atomic mass is 10.0. The quantitative estimate of drug-likeness (QED) is 0.0803. The van der Waals surface area contributed by atoms with E-state index in [9.17, 15) is 31.0 Å². The van der Waals surface area contributed by atoms with Crippen molar-refractivity contribution in [3.8, 4) is 5.75 Å². The highest BCUT2D eigenvalue weighted by Gasteiger charge is 2.21. The smallest absolute Gasteiger partial charge is 0.296 e. The first-order valence-electron chi connectivity index (χ1n) is 12.1. The number of hydrogen-bond donors (Lipinski definition) is 6. The Balaban J connectivity index is 1.88. The van der Waals surface area contributed by atoms with Gasteiger partial charge in [0.1, 0.15) is 16.3 Å². The summed E-state index contributed by atoms with van der Waals surface area (Å²) in [5.74, 6) is -0.497. The number of fused-ring (bicyclic) bond motifs is 1. The molecule has 0 atom stereocenters. The van der Waals surface area contributed by atoms with E-state index in [2.05, 4.69) is 35.8 Å². The number of phenols is 1. The molecular formula is C24H25ClN8O7S2. The molecule has 4 rings (SSSR count). The summed E-state index contributed by atoms with van der Waals surface area (Å²) in [6.07, 6.45) is 0.617. The number of phenolic OH excluding ortho intramolecular Hbond substituents is 1. The van der Waals surface area contributed by atoms with Gasteiger partial charge in [0.25, 0.3) is 20.2 Å². The summed E-state index contributed by atoms with van der Waals surface area (Å²) in [7, 11) is -9.33. The van der Waals surface area contributed by atoms with Crippen molar-refractivity contribution in [2.75, 3.05) is 23.7 Å². The van der Waals surface area contributed by atoms with E-state index in [1.807, 2.05) is 0 Å². The Morgan fingerprint density at radius 2 is 1.67 bits per heavy atom. The van der Waals surface area contributed by atoms with Gasteiger partial charge < -0.3 is 21.5 Å². The molecule has 0 aliphatic rings. The fourth-order valence-corrected chi connectivity index (χ4v) is 5.33. The average molecular weight is 637 g/mol. The van der Waals surface area contributed by atoms with Gasteiger partial charge in [-0.05, 0) is 85.3 Å². The molecule has 15 nitrogen and oxygen atoms in total. The molecule has 1 heterocycles. The van der Waals surface area contributed by atoms with Crippen LogP contribution in [0.25, 0.3) is 10.8 Å². The molecule has 0 saturated carbocycles. The molecule has 0 amide bonds. The van der Waals surface area contributed by atoms with Crippen LogP contribution in [0.2, 0.25) is 5.28 Å². The third-order valence-electron chi connectivity index (χ3n) is 5.82. The number of nitrogens with zero attached hydrogens (tertiary/aromatic N) is 5. The van der Waals surface area contributed by atoms with Crippen LogP contribution in [0.3, 0.4) is 0 Å². The van der Waals surface area contributed by atoms with E-state index in [1.165, 1.54) is 18.2 Å². The minimum atomic E-state index is -4.69. The maximum Gasteiger partial charge on any atom is 0.296 e. The van der Waals surface area contributed by atoms with Crippen LogP contribution in [-0.2, 0) is 20.2 Å². The van der Waals surface area contributed by atoms with Crippen molar-refractivity contribution in [3.05, 3.63) is 52.8 Å². The highest BCUT2D eigenvalue weighted by Crippen LogP contribution is 2.44. The molecule has 0 aliphatic heterocycles. The summed E-state index contributed by atoms with van der Waals surface area (Å²) in [6.45, 7) is 4.03. The van der Waals surface area contributed by atoms with Crippen molar-refractivity contribution in [1.29, 1.82) is 0 Å². The SMILES string of the molecule is Cc1ccc(N=Nc2c(C)cc3cc(S(=O)(=O)O)cc(Nc4nc(Cl)nc(NCCCN)n4)c3c2O)c(S(=O)(=O)O)c1. The first-order chi connectivity index (χ1) is 19.7. The van der Waals surface area contributed by atoms with Crippen LogP contribution in [0.4, 0.5) is 29.0 Å². The summed E-state index contributed by atoms with van der Waals surface area (Å²) >= 11 is 6.04. The zero-order valence-corrected chi connectivity index (χ0v) is 24.5. The summed E-state index contributed by atoms with van der Waals surface area (Å²) < 4.78 is 67.2. The van der Waals surface area contributed by atoms with E-state index < -0.39 is 35.8 Å². The Hall–Kier alpha value is -4.00. The second-order valence-corrected chi connectivity index (χ2v) is 12.2. The molecule has 0 spiro atoms. The monoisotopic (exact) mass is 636 g/mol. The van der Waals surface area contributed by atoms with Gasteiger partial charge in [0.2, 0.25) is 17.2 Å². The Bertz CT molecular complexity index is 1940. The average Bonchev–Trinajstić information content (AvgIpc) is 2.87. The van der Waals surface area contributed by atoms with Gasteiger partial charge in [-0.3, -0.25) is 9.11 Å². The van der Waals surface area contributed by atoms with Crippen LogP contribution in [0.5, 0.6) is 5.75 Å². The van der Waals surface area contributed by atoms with Crippen molar-refractivity contribution < 1.29 is 31.0 Å². The summed E-state index contributed by atoms with van der Waals surface area (Å²) in [5.41, 5.74) is 6.04. The normalized spacial score (nSPS) is 12.2. The largest absolute Gasteiger partial charge is 0.505 e. The van der Waals surface area contributed by atoms with Gasteiger partial charge in [0.15, 0.2) is 5.75 Å². The van der Waals surface area contributed by atoms with Gasteiger partial charge >= 0.3 is 0 Å². The van der Waals surface area contributed by atoms with Crippen molar-refractivity contribution in [2.45, 2.75) is 30.1 Å². The highest BCUT2D eigenvalue weighted by molar-refractivity contribution is 7.86. The van der Waals surface area contributed by atoms with Crippen LogP contribution in [0, 0.1) is 13.8 Å². The maximum absolute atomic E-state index is 12.0. The van der Waals surface area contributed by atoms with Crippen molar-refractivity contribution in [2.24, 2.45) is 16.0 Å². The molecule has 42 heavy (non-hydrogen) atoms. The number of aryl methyl sites for hydroxylation is 2. The van der Waals surface area contributed by atoms with Crippen molar-refractivity contribution >= 4 is 71.6 Å². The number of rotatable bonds is 10. The Morgan fingerprint density at radius 1 is 0.952 bits per heavy atom. The zero-order valence-electron chi connectivity index (χ0n) is 22.1. The summed E-state index contributed by atoms with van der Waals surface area (Å²) in [6, 6.07) is 7.78. The zero-order chi connectivity index (χ0) is 30.8. The Labute approximate surface area is 245 Å². The second kappa shape index (κ2) is 12.1. The minimum Gasteiger partial charge on any atom is -0.505 e. The predicted molar refractivity (Wildman–Crippen MR) is 156 cm³/mol. The molecule has 0 radical (unpaired) electrons. The number of aromatic nitrogens is 3. The molecule has 0 fully saturated rings. The van der Waals surface area contributed by atoms with Crippen LogP contribution in [-0.4, -0.2) is 59.1 Å². The maximum atomic E-state index is 12.0. The molecular weight excluding hydrogens is 612 g/mol. The highest BCUT2D eigenvalue weighted by atomic mass is 35.5. The number of anilines is 3. The fourth-order valence-electron chi connectivity index (χ4n) is 3.92. The topological polar surface area (TPSA) is 242 Å². The number of nitrogens with one attached hydrogen (secondary N) is 2. The lowest BCUT2D eigenvalue weighted by Gasteiger charge is -2.15. The Morgan fingerprint density at radius 3 is 2.33 bits per heavy atom. The minimum absolute atomic E-state index is 0.0371. The molecule has 222 valence electrons. The molecule has 3 aromatic carbocycles. The van der Waals surface area contributed by atoms with Gasteiger partial charge in [-0.15, -0.1) is 10.2 Å². The second-order valence-electron chi connectivity index (χ2n) is 9.03. The van der Waals surface area contributed by atoms with E-state index in [0.29, 0.717) is 30.6 Å². The Kier molecular flexibility index (Phi) is 8.90. The first kappa shape index (κ1) is 30.9. The van der Waals surface area contributed by atoms with Crippen LogP contribution in [0.1, 0.15) is 17.5 Å². The number of benzene rings is 3. The number of nitrogens with two attached hydrogens (primary N) is 1. The fraction of sp³-hybridized carbons (Fsp3) is 0.208. The number of halogens is 1. The standard InChI is InChI=1S/C24H25ClN8O7S2/c1-12-4-5-16(18(8-12)42(38,39)40)32-33-20-13(2)9-14-10-15(41(35,36)37)11-17(19(14)21(20)34)28-24-30-22(25)29-23(31-24)27-7-3-6-26/h4-5,8-11,34H,3,6-7,26H2,1-2H3,(H,35,36,37)(H,38,39,40)(H2,27,28,29,30,31). The molecule has 0 saturated heterocycles. The van der Waals surface area contributed by atoms with Crippen LogP contribution in [0.15, 0.2) is 56.4 Å². The molecule has 18 heteroatoms. The van der Waals surface area contributed by atoms with Crippen molar-refractivity contribution in [1.82, 2.24) is 15.0 Å². The molecule has 1 aromatic heterocycles. The lowest BCUT2D eigenvalue weighted by molar-refractivity contribution is 0.480. The molecule has 0 bridgehead atoms. The van der Waals surface area contributed by atoms with Gasteiger partial charge in [0, 0.05) is 11.9 Å². The lowest BCUT2D eigenvalue weighted by Crippen LogP contribution is -2.12. The predicted octanol–water partition coefficient (Wildman–Crippen LogP) is 4.41. The van der Waals surface area contributed by atoms with Gasteiger partial charge in [0.05, 0.1) is 10.6 Å². The van der Waals surface area contributed by atoms with E-state index in [0.717, 1.165) is 12.1 Å². The molecule has 4 aromatic rings. The van der Waals surface area contributed by atoms with Gasteiger partial charge in [-0.25, -0.2) is 0 Å². The van der Waals surface area contributed by atoms with Crippen LogP contribution < -0.4 is 16.4 Å². The third-order valence-corrected chi connectivity index (χ3v) is 7.70. The summed E-state index contributed by atoms with van der Waals surface area (Å²) in [5, 5.41) is 25.0. The molecule has 0 aliphatic carbocycles. The van der Waals surface area contributed by atoms with E-state index >= 15 is 0 Å². The van der Waals surface area contributed by atoms with E-state index in [-0.39, 0.29) is 45.0 Å². The first-order valence-corrected chi connectivity index (χ1v) is 15.3. The number of azo groups is 1. The third kappa shape index (κ3) is 7.07. The van der Waals surface area contributed by atoms with Gasteiger partial charge in [-0.2, -0.15) is 31.8 Å². The molecule has 0 unspecified atom stereocenters. The van der Waals surface area contributed by atoms with Gasteiger partial charge in [-0.1, -0.05) is 6.07 Å². The molecule has 7 N–H and O–H groups in total. The van der Waals surface area contributed by atoms with Crippen molar-refractivity contribution in [3.63, 3.8) is 0 Å². The number of hydrogen-bond acceptors (Lipinski definition) is 13. The van der Waals surface area contributed by atoms with Crippen LogP contribution >= 0.6 is 11.6 Å². The number of aromatic hydroxyl groups is 1. The summed E-state index contributed by atoms with van der Waals surface area (Å²) in [4.78, 5) is 11.2. The van der Waals surface area contributed by atoms with E-state index in [4.69, 9.17) is 17.3 Å². The van der Waals surface area contributed by atoms with E-state index in [1.54, 1.807) is 19.9 Å².